The number of ether oxygens (including phenoxy) is 1. The maximum absolute atomic E-state index is 13.1. The number of rotatable bonds is 6. The highest BCUT2D eigenvalue weighted by molar-refractivity contribution is 7.92. The molecule has 0 saturated heterocycles. The van der Waals surface area contributed by atoms with Gasteiger partial charge in [0.1, 0.15) is 11.6 Å². The summed E-state index contributed by atoms with van der Waals surface area (Å²) in [5, 5.41) is 2.57. The van der Waals surface area contributed by atoms with Crippen molar-refractivity contribution in [1.82, 2.24) is 10.2 Å². The van der Waals surface area contributed by atoms with Gasteiger partial charge < -0.3 is 20.7 Å². The molecule has 0 radical (unpaired) electrons. The number of nitrogens with two attached hydrogens (primary N) is 2. The zero-order valence-corrected chi connectivity index (χ0v) is 19.3. The summed E-state index contributed by atoms with van der Waals surface area (Å²) >= 11 is 0. The van der Waals surface area contributed by atoms with Crippen LogP contribution in [0.15, 0.2) is 69.8 Å². The van der Waals surface area contributed by atoms with E-state index in [0.29, 0.717) is 25.1 Å². The van der Waals surface area contributed by atoms with Crippen molar-refractivity contribution >= 4 is 15.8 Å². The minimum atomic E-state index is -3.57. The quantitative estimate of drug-likeness (QED) is 0.609. The third kappa shape index (κ3) is 3.71. The van der Waals surface area contributed by atoms with Gasteiger partial charge in [-0.3, -0.25) is 5.73 Å². The van der Waals surface area contributed by atoms with Gasteiger partial charge in [0.25, 0.3) is 0 Å². The van der Waals surface area contributed by atoms with E-state index < -0.39 is 20.8 Å². The fourth-order valence-electron chi connectivity index (χ4n) is 4.22. The lowest BCUT2D eigenvalue weighted by molar-refractivity contribution is 0.353. The van der Waals surface area contributed by atoms with Crippen LogP contribution in [0.25, 0.3) is 0 Å². The highest BCUT2D eigenvalue weighted by atomic mass is 32.2. The number of sulfone groups is 1. The summed E-state index contributed by atoms with van der Waals surface area (Å²) in [4.78, 5) is 6.86. The average molecular weight is 456 g/mol. The molecule has 32 heavy (non-hydrogen) atoms. The molecular formula is C23H29N5O3S. The van der Waals surface area contributed by atoms with Gasteiger partial charge in [0.2, 0.25) is 0 Å². The second-order valence-corrected chi connectivity index (χ2v) is 10.8. The van der Waals surface area contributed by atoms with Crippen molar-refractivity contribution in [2.45, 2.75) is 42.6 Å². The minimum absolute atomic E-state index is 0.157. The van der Waals surface area contributed by atoms with Crippen molar-refractivity contribution in [1.29, 1.82) is 0 Å². The molecule has 0 amide bonds. The Bertz CT molecular complexity index is 1190. The van der Waals surface area contributed by atoms with E-state index in [1.165, 1.54) is 0 Å². The van der Waals surface area contributed by atoms with Crippen LogP contribution in [0.2, 0.25) is 0 Å². The molecule has 0 aromatic heterocycles. The Morgan fingerprint density at radius 2 is 1.88 bits per heavy atom. The zero-order chi connectivity index (χ0) is 23.1. The number of methoxy groups -OCH3 is 1. The third-order valence-corrected chi connectivity index (χ3v) is 8.20. The number of hydrogen-bond acceptors (Lipinski definition) is 8. The first-order valence-corrected chi connectivity index (χ1v) is 12.1. The topological polar surface area (TPSA) is 123 Å². The highest BCUT2D eigenvalue weighted by Crippen LogP contribution is 2.42. The Morgan fingerprint density at radius 3 is 2.53 bits per heavy atom. The molecule has 4 rings (SSSR count). The lowest BCUT2D eigenvalue weighted by atomic mass is 9.90. The van der Waals surface area contributed by atoms with Crippen LogP contribution in [-0.4, -0.2) is 38.2 Å². The standard InChI is InChI=1S/C23H29N5O3S/c1-15(2)32(29,30)20-7-5-4-6-18(20)23(25)19-12-13-28(21(19)26-22(24)27-23)14-16-8-10-17(31-3)11-9-16/h4-11,15H,12-14,25H2,1-3H3,(H3,24,26,27). The van der Waals surface area contributed by atoms with Crippen LogP contribution in [0.4, 0.5) is 0 Å². The van der Waals surface area contributed by atoms with Crippen LogP contribution in [-0.2, 0) is 22.0 Å². The molecule has 2 heterocycles. The summed E-state index contributed by atoms with van der Waals surface area (Å²) in [5.74, 6) is 1.74. The van der Waals surface area contributed by atoms with Crippen LogP contribution < -0.4 is 21.5 Å². The van der Waals surface area contributed by atoms with E-state index in [0.717, 1.165) is 22.7 Å². The Kier molecular flexibility index (Phi) is 5.64. The second kappa shape index (κ2) is 8.14. The lowest BCUT2D eigenvalue weighted by Gasteiger charge is -2.35. The van der Waals surface area contributed by atoms with E-state index in [2.05, 4.69) is 15.2 Å². The van der Waals surface area contributed by atoms with E-state index in [1.54, 1.807) is 45.2 Å². The summed E-state index contributed by atoms with van der Waals surface area (Å²) in [6.07, 6.45) is 0.641. The van der Waals surface area contributed by atoms with Gasteiger partial charge in [-0.15, -0.1) is 0 Å². The van der Waals surface area contributed by atoms with Crippen molar-refractivity contribution in [3.05, 3.63) is 71.1 Å². The summed E-state index contributed by atoms with van der Waals surface area (Å²) in [6.45, 7) is 4.67. The van der Waals surface area contributed by atoms with Gasteiger partial charge in [0.15, 0.2) is 21.5 Å². The Hall–Kier alpha value is -3.04. The summed E-state index contributed by atoms with van der Waals surface area (Å²) in [5.41, 5.74) is 14.0. The number of aliphatic imine (C=N–C) groups is 1. The highest BCUT2D eigenvalue weighted by Gasteiger charge is 2.44. The van der Waals surface area contributed by atoms with Crippen LogP contribution in [0.1, 0.15) is 31.4 Å². The Morgan fingerprint density at radius 1 is 1.19 bits per heavy atom. The number of hydrogen-bond donors (Lipinski definition) is 3. The third-order valence-electron chi connectivity index (χ3n) is 5.99. The number of benzene rings is 2. The van der Waals surface area contributed by atoms with Gasteiger partial charge in [0.05, 0.1) is 17.3 Å². The average Bonchev–Trinajstić information content (AvgIpc) is 3.17. The molecule has 0 saturated carbocycles. The van der Waals surface area contributed by atoms with Crippen LogP contribution >= 0.6 is 0 Å². The van der Waals surface area contributed by atoms with Gasteiger partial charge in [-0.1, -0.05) is 30.3 Å². The lowest BCUT2D eigenvalue weighted by Crippen LogP contribution is -2.49. The molecular weight excluding hydrogens is 426 g/mol. The molecule has 0 aliphatic carbocycles. The molecule has 2 aliphatic rings. The maximum atomic E-state index is 13.1. The predicted molar refractivity (Wildman–Crippen MR) is 124 cm³/mol. The number of guanidine groups is 1. The zero-order valence-electron chi connectivity index (χ0n) is 18.5. The van der Waals surface area contributed by atoms with E-state index >= 15 is 0 Å². The summed E-state index contributed by atoms with van der Waals surface area (Å²) in [7, 11) is -1.93. The van der Waals surface area contributed by atoms with E-state index in [9.17, 15) is 8.42 Å². The van der Waals surface area contributed by atoms with E-state index in [-0.39, 0.29) is 10.9 Å². The van der Waals surface area contributed by atoms with E-state index in [1.807, 2.05) is 24.3 Å². The molecule has 9 heteroatoms. The van der Waals surface area contributed by atoms with Gasteiger partial charge in [-0.25, -0.2) is 13.4 Å². The first-order valence-electron chi connectivity index (χ1n) is 10.5. The van der Waals surface area contributed by atoms with Gasteiger partial charge in [-0.2, -0.15) is 0 Å². The number of nitrogens with one attached hydrogen (secondary N) is 1. The number of nitrogens with zero attached hydrogens (tertiary/aromatic N) is 2. The molecule has 0 bridgehead atoms. The van der Waals surface area contributed by atoms with Crippen LogP contribution in [0, 0.1) is 0 Å². The monoisotopic (exact) mass is 455 g/mol. The molecule has 1 atom stereocenters. The second-order valence-electron chi connectivity index (χ2n) is 8.33. The SMILES string of the molecule is COc1ccc(CN2CCC3=C2NC(N)=NC3(N)c2ccccc2S(=O)(=O)C(C)C)cc1. The first-order chi connectivity index (χ1) is 15.2. The van der Waals surface area contributed by atoms with Gasteiger partial charge >= 0.3 is 0 Å². The fourth-order valence-corrected chi connectivity index (χ4v) is 5.52. The molecule has 2 aromatic rings. The molecule has 0 fully saturated rings. The Balaban J connectivity index is 1.76. The van der Waals surface area contributed by atoms with Crippen molar-refractivity contribution in [2.75, 3.05) is 13.7 Å². The summed E-state index contributed by atoms with van der Waals surface area (Å²) in [6, 6.07) is 14.7. The molecule has 5 N–H and O–H groups in total. The molecule has 0 spiro atoms. The molecule has 170 valence electrons. The first kappa shape index (κ1) is 22.2. The van der Waals surface area contributed by atoms with Crippen molar-refractivity contribution in [3.63, 3.8) is 0 Å². The summed E-state index contributed by atoms with van der Waals surface area (Å²) < 4.78 is 31.4. The van der Waals surface area contributed by atoms with Crippen LogP contribution in [0.5, 0.6) is 5.75 Å². The maximum Gasteiger partial charge on any atom is 0.196 e. The molecule has 1 unspecified atom stereocenters. The smallest absolute Gasteiger partial charge is 0.196 e. The normalized spacial score (nSPS) is 20.8. The molecule has 2 aromatic carbocycles. The fraction of sp³-hybridized carbons (Fsp3) is 0.348. The molecule has 8 nitrogen and oxygen atoms in total. The van der Waals surface area contributed by atoms with Crippen molar-refractivity contribution < 1.29 is 13.2 Å². The largest absolute Gasteiger partial charge is 0.497 e. The minimum Gasteiger partial charge on any atom is -0.497 e. The predicted octanol–water partition coefficient (Wildman–Crippen LogP) is 2.02. The van der Waals surface area contributed by atoms with Gasteiger partial charge in [0, 0.05) is 24.2 Å². The Labute approximate surface area is 188 Å². The molecule has 2 aliphatic heterocycles. The van der Waals surface area contributed by atoms with Crippen molar-refractivity contribution in [2.24, 2.45) is 16.5 Å². The van der Waals surface area contributed by atoms with E-state index in [4.69, 9.17) is 16.2 Å². The van der Waals surface area contributed by atoms with Crippen LogP contribution in [0.3, 0.4) is 0 Å². The van der Waals surface area contributed by atoms with Gasteiger partial charge in [-0.05, 0) is 44.0 Å². The van der Waals surface area contributed by atoms with Crippen molar-refractivity contribution in [3.8, 4) is 5.75 Å².